The lowest BCUT2D eigenvalue weighted by atomic mass is 10.3. The number of hydrogen-bond donors (Lipinski definition) is 0. The fourth-order valence-electron chi connectivity index (χ4n) is 1.21. The van der Waals surface area contributed by atoms with Crippen molar-refractivity contribution in [2.45, 2.75) is 24.8 Å². The summed E-state index contributed by atoms with van der Waals surface area (Å²) in [6.07, 6.45) is -0.447. The Bertz CT molecular complexity index is 552. The van der Waals surface area contributed by atoms with Gasteiger partial charge in [-0.25, -0.2) is 17.2 Å². The van der Waals surface area contributed by atoms with Crippen LogP contribution < -0.4 is 0 Å². The van der Waals surface area contributed by atoms with Crippen LogP contribution in [0.3, 0.4) is 0 Å². The Morgan fingerprint density at radius 1 is 1.28 bits per heavy atom. The highest BCUT2D eigenvalue weighted by molar-refractivity contribution is 7.92. The van der Waals surface area contributed by atoms with E-state index >= 15 is 0 Å². The van der Waals surface area contributed by atoms with Crippen LogP contribution in [0, 0.1) is 11.6 Å². The second-order valence-electron chi connectivity index (χ2n) is 3.87. The van der Waals surface area contributed by atoms with Crippen LogP contribution in [0.15, 0.2) is 23.1 Å². The van der Waals surface area contributed by atoms with Gasteiger partial charge in [-0.1, -0.05) is 0 Å². The van der Waals surface area contributed by atoms with Crippen molar-refractivity contribution in [1.29, 1.82) is 0 Å². The molecule has 7 heteroatoms. The van der Waals surface area contributed by atoms with Gasteiger partial charge < -0.3 is 4.74 Å². The van der Waals surface area contributed by atoms with Crippen molar-refractivity contribution in [3.05, 3.63) is 29.8 Å². The van der Waals surface area contributed by atoms with Crippen molar-refractivity contribution in [3.8, 4) is 0 Å². The third-order valence-electron chi connectivity index (χ3n) is 1.93. The average molecular weight is 278 g/mol. The maximum absolute atomic E-state index is 12.9. The molecular weight excluding hydrogens is 266 g/mol. The summed E-state index contributed by atoms with van der Waals surface area (Å²) in [5, 5.41) is 0. The Labute approximate surface area is 103 Å². The fourth-order valence-corrected chi connectivity index (χ4v) is 2.31. The van der Waals surface area contributed by atoms with Gasteiger partial charge in [0.1, 0.15) is 0 Å². The van der Waals surface area contributed by atoms with E-state index in [0.717, 1.165) is 6.07 Å². The van der Waals surface area contributed by atoms with E-state index in [-0.39, 0.29) is 0 Å². The number of carbonyl (C=O) groups is 1. The first kappa shape index (κ1) is 14.6. The Balaban J connectivity index is 2.93. The lowest BCUT2D eigenvalue weighted by Gasteiger charge is -2.08. The van der Waals surface area contributed by atoms with E-state index in [4.69, 9.17) is 0 Å². The molecule has 100 valence electrons. The molecule has 0 aliphatic rings. The van der Waals surface area contributed by atoms with Crippen molar-refractivity contribution < 1.29 is 26.7 Å². The zero-order chi connectivity index (χ0) is 13.9. The molecule has 0 amide bonds. The van der Waals surface area contributed by atoms with E-state index in [1.807, 2.05) is 0 Å². The van der Waals surface area contributed by atoms with Gasteiger partial charge in [0.05, 0.1) is 11.0 Å². The standard InChI is InChI=1S/C11H12F2O4S/c1-7(2)17-11(14)6-18(15,16)8-3-4-9(12)10(13)5-8/h3-5,7H,6H2,1-2H3. The number of sulfone groups is 1. The maximum Gasteiger partial charge on any atom is 0.321 e. The number of esters is 1. The summed E-state index contributed by atoms with van der Waals surface area (Å²) in [5.41, 5.74) is 0. The molecule has 0 unspecified atom stereocenters. The zero-order valence-electron chi connectivity index (χ0n) is 9.81. The highest BCUT2D eigenvalue weighted by Gasteiger charge is 2.22. The molecule has 0 spiro atoms. The van der Waals surface area contributed by atoms with Crippen molar-refractivity contribution in [1.82, 2.24) is 0 Å². The molecule has 0 heterocycles. The first-order valence-corrected chi connectivity index (χ1v) is 6.75. The van der Waals surface area contributed by atoms with Crippen LogP contribution in [0.5, 0.6) is 0 Å². The molecule has 4 nitrogen and oxygen atoms in total. The smallest absolute Gasteiger partial charge is 0.321 e. The van der Waals surface area contributed by atoms with E-state index in [2.05, 4.69) is 4.74 Å². The molecule has 0 aliphatic heterocycles. The van der Waals surface area contributed by atoms with Crippen LogP contribution in [-0.4, -0.2) is 26.2 Å². The zero-order valence-corrected chi connectivity index (χ0v) is 10.6. The van der Waals surface area contributed by atoms with E-state index in [1.54, 1.807) is 13.8 Å². The van der Waals surface area contributed by atoms with E-state index in [1.165, 1.54) is 0 Å². The molecule has 0 aliphatic carbocycles. The third-order valence-corrected chi connectivity index (χ3v) is 3.51. The Morgan fingerprint density at radius 2 is 1.89 bits per heavy atom. The molecular formula is C11H12F2O4S. The van der Waals surface area contributed by atoms with Gasteiger partial charge in [-0.15, -0.1) is 0 Å². The van der Waals surface area contributed by atoms with Gasteiger partial charge in [-0.3, -0.25) is 4.79 Å². The molecule has 0 saturated carbocycles. The van der Waals surface area contributed by atoms with Crippen LogP contribution in [0.2, 0.25) is 0 Å². The number of ether oxygens (including phenoxy) is 1. The van der Waals surface area contributed by atoms with Gasteiger partial charge in [0.2, 0.25) is 0 Å². The first-order valence-electron chi connectivity index (χ1n) is 5.09. The first-order chi connectivity index (χ1) is 8.22. The van der Waals surface area contributed by atoms with E-state index in [0.29, 0.717) is 12.1 Å². The summed E-state index contributed by atoms with van der Waals surface area (Å²) in [5.74, 6) is -4.28. The minimum absolute atomic E-state index is 0.447. The predicted molar refractivity (Wildman–Crippen MR) is 59.6 cm³/mol. The fraction of sp³-hybridized carbons (Fsp3) is 0.364. The maximum atomic E-state index is 12.9. The highest BCUT2D eigenvalue weighted by atomic mass is 32.2. The average Bonchev–Trinajstić information content (AvgIpc) is 2.19. The highest BCUT2D eigenvalue weighted by Crippen LogP contribution is 2.15. The normalized spacial score (nSPS) is 11.6. The second kappa shape index (κ2) is 5.43. The summed E-state index contributed by atoms with van der Waals surface area (Å²) in [6.45, 7) is 3.14. The van der Waals surface area contributed by atoms with Crippen molar-refractivity contribution in [3.63, 3.8) is 0 Å². The molecule has 0 aromatic heterocycles. The molecule has 1 aromatic carbocycles. The largest absolute Gasteiger partial charge is 0.462 e. The molecule has 0 radical (unpaired) electrons. The molecule has 0 bridgehead atoms. The minimum atomic E-state index is -4.03. The van der Waals surface area contributed by atoms with Gasteiger partial charge in [0.15, 0.2) is 27.2 Å². The molecule has 0 N–H and O–H groups in total. The summed E-state index contributed by atoms with van der Waals surface area (Å²) >= 11 is 0. The van der Waals surface area contributed by atoms with Crippen LogP contribution in [0.1, 0.15) is 13.8 Å². The van der Waals surface area contributed by atoms with Crippen molar-refractivity contribution >= 4 is 15.8 Å². The SMILES string of the molecule is CC(C)OC(=O)CS(=O)(=O)c1ccc(F)c(F)c1. The van der Waals surface area contributed by atoms with Gasteiger partial charge in [0, 0.05) is 0 Å². The second-order valence-corrected chi connectivity index (χ2v) is 5.86. The number of halogens is 2. The van der Waals surface area contributed by atoms with Gasteiger partial charge in [-0.2, -0.15) is 0 Å². The number of hydrogen-bond acceptors (Lipinski definition) is 4. The lowest BCUT2D eigenvalue weighted by Crippen LogP contribution is -2.21. The van der Waals surface area contributed by atoms with Gasteiger partial charge in [-0.05, 0) is 32.0 Å². The van der Waals surface area contributed by atoms with E-state index < -0.39 is 44.2 Å². The number of rotatable bonds is 4. The quantitative estimate of drug-likeness (QED) is 0.621. The molecule has 1 aromatic rings. The number of benzene rings is 1. The molecule has 0 saturated heterocycles. The molecule has 1 rings (SSSR count). The van der Waals surface area contributed by atoms with Crippen LogP contribution in [0.4, 0.5) is 8.78 Å². The Kier molecular flexibility index (Phi) is 4.39. The summed E-state index contributed by atoms with van der Waals surface area (Å²) in [7, 11) is -4.03. The summed E-state index contributed by atoms with van der Waals surface area (Å²) in [6, 6.07) is 2.12. The molecule has 0 fully saturated rings. The number of carbonyl (C=O) groups excluding carboxylic acids is 1. The Hall–Kier alpha value is -1.50. The minimum Gasteiger partial charge on any atom is -0.462 e. The molecule has 18 heavy (non-hydrogen) atoms. The van der Waals surface area contributed by atoms with Crippen LogP contribution >= 0.6 is 0 Å². The predicted octanol–water partition coefficient (Wildman–Crippen LogP) is 1.69. The third kappa shape index (κ3) is 3.76. The van der Waals surface area contributed by atoms with Gasteiger partial charge >= 0.3 is 5.97 Å². The van der Waals surface area contributed by atoms with Crippen LogP contribution in [-0.2, 0) is 19.4 Å². The van der Waals surface area contributed by atoms with Gasteiger partial charge in [0.25, 0.3) is 0 Å². The summed E-state index contributed by atoms with van der Waals surface area (Å²) in [4.78, 5) is 10.8. The molecule has 0 atom stereocenters. The van der Waals surface area contributed by atoms with E-state index in [9.17, 15) is 22.0 Å². The monoisotopic (exact) mass is 278 g/mol. The summed E-state index contributed by atoms with van der Waals surface area (Å²) < 4.78 is 53.6. The Morgan fingerprint density at radius 3 is 2.39 bits per heavy atom. The van der Waals surface area contributed by atoms with Crippen molar-refractivity contribution in [2.24, 2.45) is 0 Å². The topological polar surface area (TPSA) is 60.4 Å². The van der Waals surface area contributed by atoms with Crippen molar-refractivity contribution in [2.75, 3.05) is 5.75 Å². The van der Waals surface area contributed by atoms with Crippen LogP contribution in [0.25, 0.3) is 0 Å². The lowest BCUT2D eigenvalue weighted by molar-refractivity contribution is -0.144.